The Morgan fingerprint density at radius 2 is 1.83 bits per heavy atom. The normalized spacial score (nSPS) is 13.8. The van der Waals surface area contributed by atoms with E-state index >= 15 is 0 Å². The Balaban J connectivity index is 4.56. The van der Waals surface area contributed by atoms with Crippen LogP contribution in [0.1, 0.15) is 26.7 Å². The standard InChI is InChI=1S/C12H24N2O3S/c1-6-10(11(15)16)14(4)12(17)13(3)9(2)7-8-18-5/h9-10H,6-8H2,1-5H3,(H,15,16). The summed E-state index contributed by atoms with van der Waals surface area (Å²) in [7, 11) is 3.26. The number of amides is 2. The van der Waals surface area contributed by atoms with E-state index in [4.69, 9.17) is 5.11 Å². The van der Waals surface area contributed by atoms with Crippen LogP contribution in [0.4, 0.5) is 4.79 Å². The highest BCUT2D eigenvalue weighted by atomic mass is 32.2. The lowest BCUT2D eigenvalue weighted by atomic mass is 10.2. The fourth-order valence-electron chi connectivity index (χ4n) is 1.67. The molecule has 0 rings (SSSR count). The molecule has 2 unspecified atom stereocenters. The molecule has 0 aromatic rings. The molecule has 0 fully saturated rings. The van der Waals surface area contributed by atoms with Gasteiger partial charge in [0.25, 0.3) is 0 Å². The summed E-state index contributed by atoms with van der Waals surface area (Å²) in [5.41, 5.74) is 0. The number of carboxylic acid groups (broad SMARTS) is 1. The highest BCUT2D eigenvalue weighted by Crippen LogP contribution is 2.11. The molecule has 2 atom stereocenters. The van der Waals surface area contributed by atoms with Crippen LogP contribution in [0.25, 0.3) is 0 Å². The molecule has 2 amide bonds. The number of hydrogen-bond donors (Lipinski definition) is 1. The van der Waals surface area contributed by atoms with Crippen molar-refractivity contribution < 1.29 is 14.7 Å². The molecule has 106 valence electrons. The second-order valence-corrected chi connectivity index (χ2v) is 5.38. The smallest absolute Gasteiger partial charge is 0.326 e. The zero-order valence-electron chi connectivity index (χ0n) is 11.8. The molecule has 0 heterocycles. The van der Waals surface area contributed by atoms with Crippen molar-refractivity contribution in [3.05, 3.63) is 0 Å². The van der Waals surface area contributed by atoms with Gasteiger partial charge in [-0.15, -0.1) is 0 Å². The van der Waals surface area contributed by atoms with Crippen LogP contribution in [0, 0.1) is 0 Å². The molecule has 0 aliphatic rings. The minimum absolute atomic E-state index is 0.110. The molecular weight excluding hydrogens is 252 g/mol. The van der Waals surface area contributed by atoms with E-state index in [0.29, 0.717) is 6.42 Å². The van der Waals surface area contributed by atoms with Crippen molar-refractivity contribution in [3.63, 3.8) is 0 Å². The molecule has 0 aromatic carbocycles. The number of carbonyl (C=O) groups is 2. The van der Waals surface area contributed by atoms with Crippen molar-refractivity contribution in [2.24, 2.45) is 0 Å². The van der Waals surface area contributed by atoms with Gasteiger partial charge in [-0.1, -0.05) is 6.92 Å². The zero-order chi connectivity index (χ0) is 14.3. The number of rotatable bonds is 7. The molecule has 0 aliphatic heterocycles. The average molecular weight is 276 g/mol. The van der Waals surface area contributed by atoms with Gasteiger partial charge in [0, 0.05) is 20.1 Å². The Hall–Kier alpha value is -0.910. The van der Waals surface area contributed by atoms with Gasteiger partial charge in [0.05, 0.1) is 0 Å². The fourth-order valence-corrected chi connectivity index (χ4v) is 2.24. The first-order valence-corrected chi connectivity index (χ1v) is 7.47. The van der Waals surface area contributed by atoms with Crippen molar-refractivity contribution >= 4 is 23.8 Å². The molecule has 0 aromatic heterocycles. The molecule has 0 saturated carbocycles. The molecule has 0 aliphatic carbocycles. The Morgan fingerprint density at radius 1 is 1.28 bits per heavy atom. The first kappa shape index (κ1) is 17.1. The van der Waals surface area contributed by atoms with Crippen molar-refractivity contribution in [3.8, 4) is 0 Å². The predicted molar refractivity (Wildman–Crippen MR) is 75.1 cm³/mol. The summed E-state index contributed by atoms with van der Waals surface area (Å²) in [4.78, 5) is 26.1. The summed E-state index contributed by atoms with van der Waals surface area (Å²) in [6.07, 6.45) is 3.34. The van der Waals surface area contributed by atoms with E-state index < -0.39 is 12.0 Å². The van der Waals surface area contributed by atoms with Gasteiger partial charge in [0.1, 0.15) is 6.04 Å². The van der Waals surface area contributed by atoms with Crippen LogP contribution in [0.3, 0.4) is 0 Å². The van der Waals surface area contributed by atoms with Gasteiger partial charge in [0.15, 0.2) is 0 Å². The van der Waals surface area contributed by atoms with Crippen molar-refractivity contribution in [1.82, 2.24) is 9.80 Å². The monoisotopic (exact) mass is 276 g/mol. The summed E-state index contributed by atoms with van der Waals surface area (Å²) >= 11 is 1.74. The number of hydrogen-bond acceptors (Lipinski definition) is 3. The Bertz CT molecular complexity index is 286. The van der Waals surface area contributed by atoms with Crippen LogP contribution in [-0.2, 0) is 4.79 Å². The summed E-state index contributed by atoms with van der Waals surface area (Å²) in [5, 5.41) is 9.04. The first-order chi connectivity index (χ1) is 8.36. The van der Waals surface area contributed by atoms with Crippen LogP contribution in [0.5, 0.6) is 0 Å². The third-order valence-electron chi connectivity index (χ3n) is 3.14. The number of carboxylic acids is 1. The number of aliphatic carboxylic acids is 1. The lowest BCUT2D eigenvalue weighted by molar-refractivity contribution is -0.142. The van der Waals surface area contributed by atoms with Gasteiger partial charge in [0.2, 0.25) is 0 Å². The van der Waals surface area contributed by atoms with Gasteiger partial charge < -0.3 is 14.9 Å². The second-order valence-electron chi connectivity index (χ2n) is 4.40. The summed E-state index contributed by atoms with van der Waals surface area (Å²) < 4.78 is 0. The number of thioether (sulfide) groups is 1. The average Bonchev–Trinajstić information content (AvgIpc) is 2.34. The minimum atomic E-state index is -0.960. The van der Waals surface area contributed by atoms with Crippen LogP contribution in [-0.4, -0.2) is 65.1 Å². The van der Waals surface area contributed by atoms with E-state index in [1.54, 1.807) is 37.7 Å². The Kier molecular flexibility index (Phi) is 7.82. The number of nitrogens with zero attached hydrogens (tertiary/aromatic N) is 2. The Morgan fingerprint density at radius 3 is 2.22 bits per heavy atom. The number of likely N-dealkylation sites (N-methyl/N-ethyl adjacent to an activating group) is 1. The van der Waals surface area contributed by atoms with E-state index in [1.807, 2.05) is 13.2 Å². The maximum atomic E-state index is 12.1. The molecule has 6 heteroatoms. The molecule has 0 bridgehead atoms. The van der Waals surface area contributed by atoms with Crippen LogP contribution in [0.15, 0.2) is 0 Å². The zero-order valence-corrected chi connectivity index (χ0v) is 12.7. The summed E-state index contributed by atoms with van der Waals surface area (Å²) in [6, 6.07) is -0.885. The van der Waals surface area contributed by atoms with Gasteiger partial charge in [-0.25, -0.2) is 9.59 Å². The van der Waals surface area contributed by atoms with E-state index in [2.05, 4.69) is 0 Å². The predicted octanol–water partition coefficient (Wildman–Crippen LogP) is 1.97. The molecule has 18 heavy (non-hydrogen) atoms. The lowest BCUT2D eigenvalue weighted by Gasteiger charge is -2.32. The van der Waals surface area contributed by atoms with E-state index in [9.17, 15) is 9.59 Å². The van der Waals surface area contributed by atoms with E-state index in [-0.39, 0.29) is 12.1 Å². The Labute approximate surface area is 114 Å². The third kappa shape index (κ3) is 4.76. The van der Waals surface area contributed by atoms with Gasteiger partial charge in [-0.05, 0) is 31.8 Å². The highest BCUT2D eigenvalue weighted by molar-refractivity contribution is 7.98. The molecule has 0 saturated heterocycles. The molecular formula is C12H24N2O3S. The van der Waals surface area contributed by atoms with E-state index in [1.165, 1.54) is 4.90 Å². The van der Waals surface area contributed by atoms with Crippen LogP contribution in [0.2, 0.25) is 0 Å². The second kappa shape index (κ2) is 8.24. The fraction of sp³-hybridized carbons (Fsp3) is 0.833. The lowest BCUT2D eigenvalue weighted by Crippen LogP contribution is -2.50. The SMILES string of the molecule is CCC(C(=O)O)N(C)C(=O)N(C)C(C)CCSC. The van der Waals surface area contributed by atoms with Gasteiger partial charge in [-0.3, -0.25) is 0 Å². The number of carbonyl (C=O) groups excluding carboxylic acids is 1. The van der Waals surface area contributed by atoms with Crippen LogP contribution < -0.4 is 0 Å². The van der Waals surface area contributed by atoms with Crippen molar-refractivity contribution in [2.75, 3.05) is 26.1 Å². The quantitative estimate of drug-likeness (QED) is 0.772. The largest absolute Gasteiger partial charge is 0.480 e. The topological polar surface area (TPSA) is 60.9 Å². The van der Waals surface area contributed by atoms with Crippen molar-refractivity contribution in [1.29, 1.82) is 0 Å². The maximum Gasteiger partial charge on any atom is 0.326 e. The molecule has 0 radical (unpaired) electrons. The molecule has 0 spiro atoms. The molecule has 5 nitrogen and oxygen atoms in total. The van der Waals surface area contributed by atoms with Gasteiger partial charge in [-0.2, -0.15) is 11.8 Å². The third-order valence-corrected chi connectivity index (χ3v) is 3.79. The van der Waals surface area contributed by atoms with E-state index in [0.717, 1.165) is 12.2 Å². The van der Waals surface area contributed by atoms with Crippen molar-refractivity contribution in [2.45, 2.75) is 38.8 Å². The summed E-state index contributed by atoms with van der Waals surface area (Å²) in [6.45, 7) is 3.74. The summed E-state index contributed by atoms with van der Waals surface area (Å²) in [5.74, 6) is 0.0251. The first-order valence-electron chi connectivity index (χ1n) is 6.08. The highest BCUT2D eigenvalue weighted by Gasteiger charge is 2.28. The molecule has 1 N–H and O–H groups in total. The van der Waals surface area contributed by atoms with Crippen LogP contribution >= 0.6 is 11.8 Å². The number of urea groups is 1. The minimum Gasteiger partial charge on any atom is -0.480 e. The maximum absolute atomic E-state index is 12.1. The van der Waals surface area contributed by atoms with Gasteiger partial charge >= 0.3 is 12.0 Å².